The second-order valence-corrected chi connectivity index (χ2v) is 9.51. The molecule has 0 saturated heterocycles. The van der Waals surface area contributed by atoms with Crippen molar-refractivity contribution in [1.29, 1.82) is 0 Å². The van der Waals surface area contributed by atoms with Crippen molar-refractivity contribution in [1.82, 2.24) is 15.3 Å². The van der Waals surface area contributed by atoms with Gasteiger partial charge in [-0.2, -0.15) is 0 Å². The van der Waals surface area contributed by atoms with E-state index in [0.717, 1.165) is 56.0 Å². The van der Waals surface area contributed by atoms with Gasteiger partial charge in [-0.1, -0.05) is 44.0 Å². The van der Waals surface area contributed by atoms with E-state index in [1.165, 1.54) is 25.0 Å². The Morgan fingerprint density at radius 3 is 2.61 bits per heavy atom. The number of nitrogens with zero attached hydrogens (tertiary/aromatic N) is 1. The van der Waals surface area contributed by atoms with Crippen LogP contribution in [0, 0.1) is 11.7 Å². The van der Waals surface area contributed by atoms with E-state index in [1.54, 1.807) is 18.3 Å². The van der Waals surface area contributed by atoms with Crippen LogP contribution in [0.4, 0.5) is 4.39 Å². The maximum absolute atomic E-state index is 13.9. The zero-order valence-electron chi connectivity index (χ0n) is 22.2. The zero-order chi connectivity index (χ0) is 27.2. The monoisotopic (exact) mass is 506 g/mol. The first-order valence-corrected chi connectivity index (χ1v) is 12.8. The summed E-state index contributed by atoms with van der Waals surface area (Å²) in [4.78, 5) is 7.90. The Labute approximate surface area is 224 Å². The lowest BCUT2D eigenvalue weighted by atomic mass is 9.98. The number of fused-ring (bicyclic) bond motifs is 1. The van der Waals surface area contributed by atoms with Crippen LogP contribution in [-0.2, 0) is 6.42 Å². The quantitative estimate of drug-likeness (QED) is 0.233. The number of nitrogens with two attached hydrogens (primary N) is 1. The minimum Gasteiger partial charge on any atom is -0.399 e. The first-order valence-electron chi connectivity index (χ1n) is 12.8. The largest absolute Gasteiger partial charge is 0.399 e. The van der Waals surface area contributed by atoms with Gasteiger partial charge < -0.3 is 16.0 Å². The number of hydrogen-bond donors (Lipinski definition) is 3. The molecule has 1 aromatic carbocycles. The van der Waals surface area contributed by atoms with Crippen LogP contribution in [0.1, 0.15) is 32.4 Å². The highest BCUT2D eigenvalue weighted by atomic mass is 19.1. The van der Waals surface area contributed by atoms with Crippen molar-refractivity contribution in [2.45, 2.75) is 33.1 Å². The summed E-state index contributed by atoms with van der Waals surface area (Å²) in [6.45, 7) is 16.3. The molecule has 0 radical (unpaired) electrons. The fourth-order valence-corrected chi connectivity index (χ4v) is 4.40. The number of H-pyrrole nitrogens is 1. The van der Waals surface area contributed by atoms with Gasteiger partial charge in [-0.3, -0.25) is 0 Å². The maximum atomic E-state index is 13.9. The predicted octanol–water partition coefficient (Wildman–Crippen LogP) is 7.79. The molecule has 4 nitrogen and oxygen atoms in total. The second kappa shape index (κ2) is 11.8. The van der Waals surface area contributed by atoms with E-state index in [0.29, 0.717) is 18.0 Å². The molecule has 4 N–H and O–H groups in total. The topological polar surface area (TPSA) is 66.7 Å². The lowest BCUT2D eigenvalue weighted by Gasteiger charge is -2.12. The minimum absolute atomic E-state index is 0.270. The van der Waals surface area contributed by atoms with E-state index >= 15 is 0 Å². The van der Waals surface area contributed by atoms with Crippen LogP contribution in [0.3, 0.4) is 0 Å². The molecule has 2 aromatic heterocycles. The fraction of sp³-hybridized carbons (Fsp3) is 0.182. The van der Waals surface area contributed by atoms with Crippen LogP contribution in [0.15, 0.2) is 127 Å². The van der Waals surface area contributed by atoms with Gasteiger partial charge in [-0.25, -0.2) is 9.37 Å². The summed E-state index contributed by atoms with van der Waals surface area (Å²) in [5.74, 6) is 0.275. The van der Waals surface area contributed by atoms with Gasteiger partial charge in [0.05, 0.1) is 0 Å². The molecule has 2 heterocycles. The van der Waals surface area contributed by atoms with Gasteiger partial charge in [0.2, 0.25) is 0 Å². The Hall–Kier alpha value is -4.38. The number of rotatable bonds is 11. The average Bonchev–Trinajstić information content (AvgIpc) is 3.69. The van der Waals surface area contributed by atoms with Gasteiger partial charge in [0.1, 0.15) is 11.5 Å². The van der Waals surface area contributed by atoms with Gasteiger partial charge >= 0.3 is 0 Å². The number of nitrogens with one attached hydrogen (secondary N) is 2. The molecule has 1 aliphatic rings. The number of benzene rings is 1. The molecule has 0 aliphatic heterocycles. The van der Waals surface area contributed by atoms with Crippen LogP contribution in [0.25, 0.3) is 22.2 Å². The van der Waals surface area contributed by atoms with Crippen LogP contribution >= 0.6 is 0 Å². The molecule has 0 amide bonds. The predicted molar refractivity (Wildman–Crippen MR) is 157 cm³/mol. The van der Waals surface area contributed by atoms with Crippen LogP contribution in [0.5, 0.6) is 0 Å². The molecule has 0 spiro atoms. The molecule has 1 fully saturated rings. The Morgan fingerprint density at radius 2 is 1.95 bits per heavy atom. The van der Waals surface area contributed by atoms with Gasteiger partial charge in [0, 0.05) is 40.8 Å². The first kappa shape index (κ1) is 26.7. The third-order valence-corrected chi connectivity index (χ3v) is 6.72. The lowest BCUT2D eigenvalue weighted by molar-refractivity contribution is 0.628. The number of allylic oxidation sites excluding steroid dienone is 9. The summed E-state index contributed by atoms with van der Waals surface area (Å²) in [6, 6.07) is 10.6. The van der Waals surface area contributed by atoms with Crippen molar-refractivity contribution in [3.63, 3.8) is 0 Å². The first-order chi connectivity index (χ1) is 18.3. The molecule has 194 valence electrons. The van der Waals surface area contributed by atoms with Crippen molar-refractivity contribution in [2.24, 2.45) is 11.7 Å². The summed E-state index contributed by atoms with van der Waals surface area (Å²) in [5, 5.41) is 4.32. The van der Waals surface area contributed by atoms with E-state index in [1.807, 2.05) is 50.3 Å². The van der Waals surface area contributed by atoms with Crippen molar-refractivity contribution in [3.8, 4) is 11.1 Å². The number of halogens is 1. The Kier molecular flexibility index (Phi) is 8.27. The highest BCUT2D eigenvalue weighted by Crippen LogP contribution is 2.34. The molecule has 5 heteroatoms. The van der Waals surface area contributed by atoms with Crippen LogP contribution in [0.2, 0.25) is 0 Å². The van der Waals surface area contributed by atoms with Crippen LogP contribution < -0.4 is 11.1 Å². The number of hydrogen-bond acceptors (Lipinski definition) is 3. The Balaban J connectivity index is 1.62. The SMILES string of the molecule is C=C/C(=C\C(=C/C)C(=C)/C=C(Cc1cc2c(-c3cccc(F)c3)ccnc2[nH]1)\C(N)=C/C)NC(=C)C1CC1. The number of pyridine rings is 1. The molecule has 0 bridgehead atoms. The lowest BCUT2D eigenvalue weighted by Crippen LogP contribution is -2.12. The van der Waals surface area contributed by atoms with Crippen molar-refractivity contribution in [3.05, 3.63) is 138 Å². The third-order valence-electron chi connectivity index (χ3n) is 6.72. The minimum atomic E-state index is -0.270. The third kappa shape index (κ3) is 6.30. The molecule has 3 aromatic rings. The molecule has 1 aliphatic carbocycles. The van der Waals surface area contributed by atoms with Crippen molar-refractivity contribution < 1.29 is 4.39 Å². The molecular formula is C33H35FN4. The molecule has 4 rings (SSSR count). The Bertz CT molecular complexity index is 1510. The summed E-state index contributed by atoms with van der Waals surface area (Å²) >= 11 is 0. The molecule has 0 atom stereocenters. The summed E-state index contributed by atoms with van der Waals surface area (Å²) in [7, 11) is 0. The maximum Gasteiger partial charge on any atom is 0.138 e. The number of aromatic amines is 1. The number of aromatic nitrogens is 2. The van der Waals surface area contributed by atoms with E-state index in [9.17, 15) is 4.39 Å². The van der Waals surface area contributed by atoms with E-state index in [4.69, 9.17) is 5.73 Å². The van der Waals surface area contributed by atoms with Crippen molar-refractivity contribution in [2.75, 3.05) is 0 Å². The van der Waals surface area contributed by atoms with Gasteiger partial charge in [-0.15, -0.1) is 0 Å². The van der Waals surface area contributed by atoms with Gasteiger partial charge in [0.15, 0.2) is 0 Å². The molecule has 1 saturated carbocycles. The summed E-state index contributed by atoms with van der Waals surface area (Å²) < 4.78 is 13.9. The zero-order valence-corrected chi connectivity index (χ0v) is 22.2. The Morgan fingerprint density at radius 1 is 1.16 bits per heavy atom. The van der Waals surface area contributed by atoms with E-state index < -0.39 is 0 Å². The van der Waals surface area contributed by atoms with Crippen LogP contribution in [-0.4, -0.2) is 9.97 Å². The van der Waals surface area contributed by atoms with E-state index in [2.05, 4.69) is 41.1 Å². The van der Waals surface area contributed by atoms with Crippen molar-refractivity contribution >= 4 is 11.0 Å². The summed E-state index contributed by atoms with van der Waals surface area (Å²) in [5.41, 5.74) is 15.2. The summed E-state index contributed by atoms with van der Waals surface area (Å²) in [6.07, 6.45) is 14.4. The standard InChI is InChI=1S/C33H35FN4/c1-6-23(18-28(7-2)37-22(5)24-12-13-24)21(4)16-26(32(35)8-3)19-29-20-31-30(14-15-36-33(31)38-29)25-10-9-11-27(34)17-25/h6-11,14-18,20,24,37H,2,4-5,12-13,19,35H2,1,3H3,(H,36,38)/b23-6+,26-16-,28-18+,32-8+. The second-order valence-electron chi connectivity index (χ2n) is 9.51. The average molecular weight is 507 g/mol. The smallest absolute Gasteiger partial charge is 0.138 e. The fourth-order valence-electron chi connectivity index (χ4n) is 4.40. The van der Waals surface area contributed by atoms with Gasteiger partial charge in [0.25, 0.3) is 0 Å². The highest BCUT2D eigenvalue weighted by molar-refractivity contribution is 5.93. The molecular weight excluding hydrogens is 471 g/mol. The normalized spacial score (nSPS) is 15.0. The van der Waals surface area contributed by atoms with Gasteiger partial charge in [-0.05, 0) is 103 Å². The molecule has 38 heavy (non-hydrogen) atoms. The highest BCUT2D eigenvalue weighted by Gasteiger charge is 2.24. The van der Waals surface area contributed by atoms with E-state index in [-0.39, 0.29) is 5.82 Å². The molecule has 0 unspecified atom stereocenters.